The fourth-order valence-corrected chi connectivity index (χ4v) is 5.82. The first-order valence-corrected chi connectivity index (χ1v) is 13.5. The van der Waals surface area contributed by atoms with E-state index in [4.69, 9.17) is 0 Å². The molecular formula is C37H35N. The fraction of sp³-hybridized carbons (Fsp3) is 0.189. The molecule has 0 amide bonds. The van der Waals surface area contributed by atoms with Crippen molar-refractivity contribution < 1.29 is 0 Å². The second-order valence-corrected chi connectivity index (χ2v) is 11.9. The summed E-state index contributed by atoms with van der Waals surface area (Å²) in [4.78, 5) is 2.39. The molecule has 0 aliphatic heterocycles. The molecule has 5 aromatic carbocycles. The van der Waals surface area contributed by atoms with Gasteiger partial charge in [-0.25, -0.2) is 0 Å². The first-order valence-electron chi connectivity index (χ1n) is 13.5. The lowest BCUT2D eigenvalue weighted by molar-refractivity contribution is 0.590. The van der Waals surface area contributed by atoms with Gasteiger partial charge in [0, 0.05) is 22.5 Å². The van der Waals surface area contributed by atoms with Crippen LogP contribution in [0.15, 0.2) is 121 Å². The summed E-state index contributed by atoms with van der Waals surface area (Å²) < 4.78 is 0. The Bertz CT molecular complexity index is 1580. The highest BCUT2D eigenvalue weighted by atomic mass is 15.1. The highest BCUT2D eigenvalue weighted by Gasteiger charge is 2.35. The number of hydrogen-bond donors (Lipinski definition) is 0. The second kappa shape index (κ2) is 9.03. The molecule has 1 nitrogen and oxygen atoms in total. The molecule has 0 spiro atoms. The van der Waals surface area contributed by atoms with Gasteiger partial charge in [0.15, 0.2) is 0 Å². The van der Waals surface area contributed by atoms with E-state index in [0.29, 0.717) is 0 Å². The minimum absolute atomic E-state index is 0.0408. The van der Waals surface area contributed by atoms with Gasteiger partial charge in [0.05, 0.1) is 0 Å². The lowest BCUT2D eigenvalue weighted by atomic mass is 9.82. The van der Waals surface area contributed by atoms with E-state index in [1.807, 2.05) is 0 Å². The normalized spacial score (nSPS) is 13.6. The predicted octanol–water partition coefficient (Wildman–Crippen LogP) is 10.4. The third-order valence-electron chi connectivity index (χ3n) is 8.05. The second-order valence-electron chi connectivity index (χ2n) is 11.9. The third kappa shape index (κ3) is 4.13. The Morgan fingerprint density at radius 3 is 1.68 bits per heavy atom. The molecule has 6 rings (SSSR count). The molecule has 5 aromatic rings. The molecule has 38 heavy (non-hydrogen) atoms. The van der Waals surface area contributed by atoms with Gasteiger partial charge in [-0.3, -0.25) is 0 Å². The van der Waals surface area contributed by atoms with Gasteiger partial charge in [0.2, 0.25) is 0 Å². The Kier molecular flexibility index (Phi) is 5.76. The summed E-state index contributed by atoms with van der Waals surface area (Å²) in [5.74, 6) is 0. The summed E-state index contributed by atoms with van der Waals surface area (Å²) >= 11 is 0. The maximum absolute atomic E-state index is 2.40. The zero-order valence-electron chi connectivity index (χ0n) is 23.0. The van der Waals surface area contributed by atoms with Crippen LogP contribution in [0.1, 0.15) is 51.3 Å². The summed E-state index contributed by atoms with van der Waals surface area (Å²) in [7, 11) is 0. The van der Waals surface area contributed by atoms with Crippen LogP contribution in [0.4, 0.5) is 17.1 Å². The van der Waals surface area contributed by atoms with Crippen molar-refractivity contribution in [3.05, 3.63) is 138 Å². The SMILES string of the molecule is CC(C)(C)c1ccc(N(c2ccc(-c3ccccc3)cc2)c2ccc3c(c2)C(C)(C)c2ccccc2-3)cc1. The van der Waals surface area contributed by atoms with E-state index in [-0.39, 0.29) is 10.8 Å². The molecule has 188 valence electrons. The van der Waals surface area contributed by atoms with Gasteiger partial charge in [-0.1, -0.05) is 120 Å². The van der Waals surface area contributed by atoms with Gasteiger partial charge in [0.1, 0.15) is 0 Å². The molecule has 0 atom stereocenters. The summed E-state index contributed by atoms with van der Waals surface area (Å²) in [6, 6.07) is 44.4. The van der Waals surface area contributed by atoms with Crippen LogP contribution in [0.3, 0.4) is 0 Å². The fourth-order valence-electron chi connectivity index (χ4n) is 5.82. The van der Waals surface area contributed by atoms with E-state index in [2.05, 4.69) is 161 Å². The molecular weight excluding hydrogens is 458 g/mol. The van der Waals surface area contributed by atoms with Gasteiger partial charge in [0.25, 0.3) is 0 Å². The third-order valence-corrected chi connectivity index (χ3v) is 8.05. The Balaban J connectivity index is 1.47. The number of anilines is 3. The van der Waals surface area contributed by atoms with Crippen LogP contribution in [-0.2, 0) is 10.8 Å². The smallest absolute Gasteiger partial charge is 0.0465 e. The largest absolute Gasteiger partial charge is 0.310 e. The zero-order valence-corrected chi connectivity index (χ0v) is 23.0. The van der Waals surface area contributed by atoms with E-state index < -0.39 is 0 Å². The molecule has 0 heterocycles. The highest BCUT2D eigenvalue weighted by Crippen LogP contribution is 2.50. The molecule has 1 heteroatoms. The summed E-state index contributed by atoms with van der Waals surface area (Å²) in [5, 5.41) is 0. The van der Waals surface area contributed by atoms with Crippen molar-refractivity contribution in [3.63, 3.8) is 0 Å². The van der Waals surface area contributed by atoms with Crippen molar-refractivity contribution in [3.8, 4) is 22.3 Å². The molecule has 0 radical (unpaired) electrons. The molecule has 0 saturated carbocycles. The van der Waals surface area contributed by atoms with E-state index in [9.17, 15) is 0 Å². The van der Waals surface area contributed by atoms with E-state index in [0.717, 1.165) is 5.69 Å². The Morgan fingerprint density at radius 2 is 1.03 bits per heavy atom. The zero-order chi connectivity index (χ0) is 26.5. The van der Waals surface area contributed by atoms with E-state index >= 15 is 0 Å². The van der Waals surface area contributed by atoms with Crippen LogP contribution in [0.5, 0.6) is 0 Å². The van der Waals surface area contributed by atoms with Crippen LogP contribution in [0.2, 0.25) is 0 Å². The maximum Gasteiger partial charge on any atom is 0.0465 e. The number of fused-ring (bicyclic) bond motifs is 3. The Morgan fingerprint density at radius 1 is 0.500 bits per heavy atom. The van der Waals surface area contributed by atoms with Crippen LogP contribution in [-0.4, -0.2) is 0 Å². The Labute approximate surface area is 227 Å². The maximum atomic E-state index is 2.40. The quantitative estimate of drug-likeness (QED) is 0.241. The molecule has 1 aliphatic carbocycles. The molecule has 0 saturated heterocycles. The van der Waals surface area contributed by atoms with Crippen LogP contribution < -0.4 is 4.90 Å². The van der Waals surface area contributed by atoms with Crippen molar-refractivity contribution in [2.75, 3.05) is 4.90 Å². The van der Waals surface area contributed by atoms with Gasteiger partial charge in [-0.15, -0.1) is 0 Å². The van der Waals surface area contributed by atoms with Gasteiger partial charge < -0.3 is 4.90 Å². The number of nitrogens with zero attached hydrogens (tertiary/aromatic N) is 1. The van der Waals surface area contributed by atoms with Gasteiger partial charge in [-0.05, 0) is 80.8 Å². The molecule has 0 N–H and O–H groups in total. The van der Waals surface area contributed by atoms with Gasteiger partial charge >= 0.3 is 0 Å². The summed E-state index contributed by atoms with van der Waals surface area (Å²) in [5.41, 5.74) is 12.9. The average Bonchev–Trinajstić information content (AvgIpc) is 3.16. The molecule has 0 unspecified atom stereocenters. The molecule has 0 fully saturated rings. The van der Waals surface area contributed by atoms with E-state index in [1.165, 1.54) is 50.3 Å². The standard InChI is InChI=1S/C37H35N/c1-36(2,3)28-17-21-30(22-18-28)38(29-19-15-27(16-20-29)26-11-7-6-8-12-26)31-23-24-33-32-13-9-10-14-34(32)37(4,5)35(33)25-31/h6-25H,1-5H3. The monoisotopic (exact) mass is 493 g/mol. The minimum atomic E-state index is -0.0408. The topological polar surface area (TPSA) is 3.24 Å². The van der Waals surface area contributed by atoms with Crippen molar-refractivity contribution in [1.82, 2.24) is 0 Å². The van der Waals surface area contributed by atoms with Crippen molar-refractivity contribution in [2.24, 2.45) is 0 Å². The first-order chi connectivity index (χ1) is 18.2. The molecule has 1 aliphatic rings. The summed E-state index contributed by atoms with van der Waals surface area (Å²) in [6.07, 6.45) is 0. The Hall–Kier alpha value is -4.10. The van der Waals surface area contributed by atoms with Crippen molar-refractivity contribution >= 4 is 17.1 Å². The lowest BCUT2D eigenvalue weighted by Gasteiger charge is -2.29. The average molecular weight is 494 g/mol. The van der Waals surface area contributed by atoms with Crippen LogP contribution in [0.25, 0.3) is 22.3 Å². The number of benzene rings is 5. The first kappa shape index (κ1) is 24.2. The predicted molar refractivity (Wildman–Crippen MR) is 163 cm³/mol. The van der Waals surface area contributed by atoms with Crippen molar-refractivity contribution in [1.29, 1.82) is 0 Å². The number of rotatable bonds is 4. The number of hydrogen-bond acceptors (Lipinski definition) is 1. The lowest BCUT2D eigenvalue weighted by Crippen LogP contribution is -2.17. The van der Waals surface area contributed by atoms with Crippen LogP contribution >= 0.6 is 0 Å². The molecule has 0 bridgehead atoms. The summed E-state index contributed by atoms with van der Waals surface area (Å²) in [6.45, 7) is 11.5. The molecule has 0 aromatic heterocycles. The van der Waals surface area contributed by atoms with Crippen LogP contribution in [0, 0.1) is 0 Å². The van der Waals surface area contributed by atoms with E-state index in [1.54, 1.807) is 0 Å². The highest BCUT2D eigenvalue weighted by molar-refractivity contribution is 5.85. The van der Waals surface area contributed by atoms with Crippen molar-refractivity contribution in [2.45, 2.75) is 45.4 Å². The van der Waals surface area contributed by atoms with Gasteiger partial charge in [-0.2, -0.15) is 0 Å². The minimum Gasteiger partial charge on any atom is -0.310 e.